The van der Waals surface area contributed by atoms with Crippen molar-refractivity contribution in [2.75, 3.05) is 23.3 Å². The topological polar surface area (TPSA) is 32.3 Å². The molecule has 2 aromatic carbocycles. The van der Waals surface area contributed by atoms with Crippen molar-refractivity contribution in [1.82, 2.24) is 0 Å². The van der Waals surface area contributed by atoms with Gasteiger partial charge in [0.05, 0.1) is 0 Å². The van der Waals surface area contributed by atoms with Crippen LogP contribution >= 0.6 is 0 Å². The lowest BCUT2D eigenvalue weighted by Crippen LogP contribution is -2.18. The second kappa shape index (κ2) is 6.65. The number of hydrogen-bond donors (Lipinski definition) is 1. The molecule has 0 unspecified atom stereocenters. The van der Waals surface area contributed by atoms with Gasteiger partial charge in [0.1, 0.15) is 0 Å². The maximum absolute atomic E-state index is 12.3. The van der Waals surface area contributed by atoms with Crippen LogP contribution in [0, 0.1) is 0 Å². The molecule has 0 radical (unpaired) electrons. The minimum Gasteiger partial charge on any atom is -0.371 e. The molecule has 114 valence electrons. The van der Waals surface area contributed by atoms with Crippen molar-refractivity contribution in [3.05, 3.63) is 59.7 Å². The molecule has 0 aromatic heterocycles. The fraction of sp³-hybridized carbons (Fsp3) is 0.316. The lowest BCUT2D eigenvalue weighted by Gasteiger charge is -2.18. The first-order valence-electron chi connectivity index (χ1n) is 8.01. The number of amides is 1. The van der Waals surface area contributed by atoms with Crippen LogP contribution in [-0.4, -0.2) is 19.0 Å². The van der Waals surface area contributed by atoms with Crippen LogP contribution < -0.4 is 10.2 Å². The van der Waals surface area contributed by atoms with E-state index in [1.54, 1.807) is 0 Å². The Morgan fingerprint density at radius 3 is 2.50 bits per heavy atom. The van der Waals surface area contributed by atoms with Crippen molar-refractivity contribution in [2.24, 2.45) is 0 Å². The highest BCUT2D eigenvalue weighted by Crippen LogP contribution is 2.23. The molecule has 1 heterocycles. The van der Waals surface area contributed by atoms with Gasteiger partial charge >= 0.3 is 0 Å². The highest BCUT2D eigenvalue weighted by atomic mass is 16.1. The Morgan fingerprint density at radius 2 is 1.82 bits per heavy atom. The van der Waals surface area contributed by atoms with Crippen LogP contribution in [0.3, 0.4) is 0 Å². The largest absolute Gasteiger partial charge is 0.371 e. The molecule has 0 saturated carbocycles. The van der Waals surface area contributed by atoms with E-state index in [4.69, 9.17) is 0 Å². The zero-order valence-electron chi connectivity index (χ0n) is 13.0. The summed E-state index contributed by atoms with van der Waals surface area (Å²) < 4.78 is 0. The Bertz CT molecular complexity index is 643. The summed E-state index contributed by atoms with van der Waals surface area (Å²) in [7, 11) is 0. The zero-order chi connectivity index (χ0) is 15.4. The summed E-state index contributed by atoms with van der Waals surface area (Å²) in [5.74, 6) is -0.0544. The lowest BCUT2D eigenvalue weighted by atomic mass is 10.1. The summed E-state index contributed by atoms with van der Waals surface area (Å²) in [6, 6.07) is 15.9. The molecule has 0 bridgehead atoms. The van der Waals surface area contributed by atoms with E-state index < -0.39 is 0 Å². The molecule has 3 nitrogen and oxygen atoms in total. The number of hydrogen-bond acceptors (Lipinski definition) is 2. The van der Waals surface area contributed by atoms with E-state index in [1.807, 2.05) is 36.4 Å². The minimum atomic E-state index is -0.0544. The number of carbonyl (C=O) groups is 1. The molecule has 0 spiro atoms. The summed E-state index contributed by atoms with van der Waals surface area (Å²) >= 11 is 0. The molecule has 1 fully saturated rings. The minimum absolute atomic E-state index is 0.0544. The van der Waals surface area contributed by atoms with Gasteiger partial charge in [0.25, 0.3) is 5.91 Å². The van der Waals surface area contributed by atoms with Crippen LogP contribution in [0.2, 0.25) is 0 Å². The van der Waals surface area contributed by atoms with Gasteiger partial charge < -0.3 is 10.2 Å². The number of rotatable bonds is 4. The SMILES string of the molecule is CCc1ccc(C(=O)Nc2cccc(N3CCCC3)c2)cc1. The summed E-state index contributed by atoms with van der Waals surface area (Å²) in [6.45, 7) is 4.32. The Balaban J connectivity index is 1.71. The quantitative estimate of drug-likeness (QED) is 0.920. The number of carbonyl (C=O) groups excluding carboxylic acids is 1. The highest BCUT2D eigenvalue weighted by molar-refractivity contribution is 6.04. The van der Waals surface area contributed by atoms with Gasteiger partial charge in [-0.05, 0) is 55.2 Å². The molecule has 1 aliphatic rings. The van der Waals surface area contributed by atoms with Gasteiger partial charge in [-0.2, -0.15) is 0 Å². The van der Waals surface area contributed by atoms with Gasteiger partial charge in [-0.15, -0.1) is 0 Å². The second-order valence-corrected chi connectivity index (χ2v) is 5.75. The van der Waals surface area contributed by atoms with Crippen molar-refractivity contribution in [3.8, 4) is 0 Å². The van der Waals surface area contributed by atoms with Crippen molar-refractivity contribution in [3.63, 3.8) is 0 Å². The first kappa shape index (κ1) is 14.6. The third-order valence-corrected chi connectivity index (χ3v) is 4.20. The summed E-state index contributed by atoms with van der Waals surface area (Å²) in [4.78, 5) is 14.7. The van der Waals surface area contributed by atoms with Crippen molar-refractivity contribution < 1.29 is 4.79 Å². The standard InChI is InChI=1S/C19H22N2O/c1-2-15-8-10-16(11-9-15)19(22)20-17-6-5-7-18(14-17)21-12-3-4-13-21/h5-11,14H,2-4,12-13H2,1H3,(H,20,22). The monoisotopic (exact) mass is 294 g/mol. The van der Waals surface area contributed by atoms with Crippen LogP contribution in [0.4, 0.5) is 11.4 Å². The highest BCUT2D eigenvalue weighted by Gasteiger charge is 2.13. The van der Waals surface area contributed by atoms with E-state index in [1.165, 1.54) is 24.1 Å². The first-order valence-corrected chi connectivity index (χ1v) is 8.01. The number of aryl methyl sites for hydroxylation is 1. The second-order valence-electron chi connectivity index (χ2n) is 5.75. The Morgan fingerprint density at radius 1 is 1.09 bits per heavy atom. The number of nitrogens with one attached hydrogen (secondary N) is 1. The third-order valence-electron chi connectivity index (χ3n) is 4.20. The van der Waals surface area contributed by atoms with Crippen molar-refractivity contribution >= 4 is 17.3 Å². The normalized spacial score (nSPS) is 14.1. The zero-order valence-corrected chi connectivity index (χ0v) is 13.0. The summed E-state index contributed by atoms with van der Waals surface area (Å²) in [5.41, 5.74) is 3.99. The molecule has 1 saturated heterocycles. The van der Waals surface area contributed by atoms with Crippen LogP contribution in [-0.2, 0) is 6.42 Å². The molecular formula is C19H22N2O. The molecule has 1 aliphatic heterocycles. The van der Waals surface area contributed by atoms with E-state index >= 15 is 0 Å². The van der Waals surface area contributed by atoms with E-state index in [0.29, 0.717) is 5.56 Å². The van der Waals surface area contributed by atoms with E-state index in [0.717, 1.165) is 25.2 Å². The van der Waals surface area contributed by atoms with Gasteiger partial charge in [0.15, 0.2) is 0 Å². The average Bonchev–Trinajstić information content (AvgIpc) is 3.10. The van der Waals surface area contributed by atoms with Gasteiger partial charge in [0, 0.05) is 30.0 Å². The molecule has 0 aliphatic carbocycles. The smallest absolute Gasteiger partial charge is 0.255 e. The third kappa shape index (κ3) is 3.30. The summed E-state index contributed by atoms with van der Waals surface area (Å²) in [6.07, 6.45) is 3.49. The molecule has 2 aromatic rings. The Labute approximate surface area is 132 Å². The maximum atomic E-state index is 12.3. The molecular weight excluding hydrogens is 272 g/mol. The van der Waals surface area contributed by atoms with Crippen molar-refractivity contribution in [2.45, 2.75) is 26.2 Å². The predicted octanol–water partition coefficient (Wildman–Crippen LogP) is 4.10. The Kier molecular flexibility index (Phi) is 4.42. The first-order chi connectivity index (χ1) is 10.8. The van der Waals surface area contributed by atoms with Gasteiger partial charge in [-0.25, -0.2) is 0 Å². The average molecular weight is 294 g/mol. The van der Waals surface area contributed by atoms with E-state index in [2.05, 4.69) is 29.3 Å². The number of nitrogens with zero attached hydrogens (tertiary/aromatic N) is 1. The fourth-order valence-electron chi connectivity index (χ4n) is 2.85. The van der Waals surface area contributed by atoms with Crippen molar-refractivity contribution in [1.29, 1.82) is 0 Å². The summed E-state index contributed by atoms with van der Waals surface area (Å²) in [5, 5.41) is 2.99. The van der Waals surface area contributed by atoms with E-state index in [9.17, 15) is 4.79 Å². The molecule has 0 atom stereocenters. The van der Waals surface area contributed by atoms with Gasteiger partial charge in [0.2, 0.25) is 0 Å². The van der Waals surface area contributed by atoms with Gasteiger partial charge in [-0.1, -0.05) is 25.1 Å². The maximum Gasteiger partial charge on any atom is 0.255 e. The van der Waals surface area contributed by atoms with Gasteiger partial charge in [-0.3, -0.25) is 4.79 Å². The number of benzene rings is 2. The fourth-order valence-corrected chi connectivity index (χ4v) is 2.85. The van der Waals surface area contributed by atoms with E-state index in [-0.39, 0.29) is 5.91 Å². The molecule has 3 heteroatoms. The lowest BCUT2D eigenvalue weighted by molar-refractivity contribution is 0.102. The molecule has 1 amide bonds. The molecule has 3 rings (SSSR count). The van der Waals surface area contributed by atoms with Crippen LogP contribution in [0.15, 0.2) is 48.5 Å². The molecule has 22 heavy (non-hydrogen) atoms. The van der Waals surface area contributed by atoms with Crippen LogP contribution in [0.5, 0.6) is 0 Å². The predicted molar refractivity (Wildman–Crippen MR) is 91.7 cm³/mol. The Hall–Kier alpha value is -2.29. The van der Waals surface area contributed by atoms with Crippen LogP contribution in [0.25, 0.3) is 0 Å². The molecule has 1 N–H and O–H groups in total. The number of anilines is 2. The van der Waals surface area contributed by atoms with Crippen LogP contribution in [0.1, 0.15) is 35.7 Å².